The van der Waals surface area contributed by atoms with Crippen LogP contribution < -0.4 is 15.4 Å². The molecule has 1 atom stereocenters. The van der Waals surface area contributed by atoms with Gasteiger partial charge in [-0.25, -0.2) is 4.79 Å². The number of benzene rings is 1. The van der Waals surface area contributed by atoms with E-state index in [0.717, 1.165) is 0 Å². The standard InChI is InChI=1S/C13H16N2O4/c14-7-3-6-12(16)15-8-11(13(17)18)19-10-5-2-1-4-9(10)15/h1-2,4-5,11H,3,6-8,14H2,(H,17,18). The zero-order valence-corrected chi connectivity index (χ0v) is 10.4. The molecule has 1 aromatic rings. The number of carbonyl (C=O) groups excluding carboxylic acids is 1. The monoisotopic (exact) mass is 264 g/mol. The summed E-state index contributed by atoms with van der Waals surface area (Å²) in [6, 6.07) is 6.93. The molecule has 0 fully saturated rings. The van der Waals surface area contributed by atoms with Crippen LogP contribution in [-0.4, -0.2) is 36.2 Å². The molecular weight excluding hydrogens is 248 g/mol. The highest BCUT2D eigenvalue weighted by molar-refractivity contribution is 5.96. The van der Waals surface area contributed by atoms with Crippen LogP contribution in [0.5, 0.6) is 5.75 Å². The lowest BCUT2D eigenvalue weighted by atomic mass is 10.1. The fourth-order valence-corrected chi connectivity index (χ4v) is 1.99. The second-order valence-corrected chi connectivity index (χ2v) is 4.31. The first-order valence-corrected chi connectivity index (χ1v) is 6.12. The summed E-state index contributed by atoms with van der Waals surface area (Å²) >= 11 is 0. The number of hydrogen-bond donors (Lipinski definition) is 2. The van der Waals surface area contributed by atoms with Gasteiger partial charge in [-0.3, -0.25) is 4.79 Å². The molecule has 0 saturated carbocycles. The molecule has 1 aromatic carbocycles. The van der Waals surface area contributed by atoms with E-state index in [1.807, 2.05) is 0 Å². The lowest BCUT2D eigenvalue weighted by molar-refractivity contribution is -0.145. The van der Waals surface area contributed by atoms with Crippen LogP contribution in [0.25, 0.3) is 0 Å². The number of fused-ring (bicyclic) bond motifs is 1. The predicted molar refractivity (Wildman–Crippen MR) is 69.1 cm³/mol. The Bertz CT molecular complexity index is 489. The molecule has 0 bridgehead atoms. The van der Waals surface area contributed by atoms with Crippen molar-refractivity contribution in [3.63, 3.8) is 0 Å². The molecule has 1 unspecified atom stereocenters. The van der Waals surface area contributed by atoms with E-state index in [1.54, 1.807) is 24.3 Å². The molecule has 19 heavy (non-hydrogen) atoms. The molecule has 2 rings (SSSR count). The van der Waals surface area contributed by atoms with Crippen LogP contribution >= 0.6 is 0 Å². The van der Waals surface area contributed by atoms with E-state index in [0.29, 0.717) is 30.8 Å². The molecule has 0 aromatic heterocycles. The highest BCUT2D eigenvalue weighted by Gasteiger charge is 2.33. The van der Waals surface area contributed by atoms with E-state index in [4.69, 9.17) is 15.6 Å². The summed E-state index contributed by atoms with van der Waals surface area (Å²) in [7, 11) is 0. The number of ether oxygens (including phenoxy) is 1. The molecule has 3 N–H and O–H groups in total. The van der Waals surface area contributed by atoms with E-state index in [1.165, 1.54) is 4.90 Å². The number of carboxylic acids is 1. The molecule has 6 nitrogen and oxygen atoms in total. The maximum atomic E-state index is 12.1. The number of aliphatic carboxylic acids is 1. The summed E-state index contributed by atoms with van der Waals surface area (Å²) in [6.07, 6.45) is -0.149. The number of nitrogens with two attached hydrogens (primary N) is 1. The van der Waals surface area contributed by atoms with E-state index in [2.05, 4.69) is 0 Å². The summed E-state index contributed by atoms with van der Waals surface area (Å²) < 4.78 is 5.36. The number of anilines is 1. The van der Waals surface area contributed by atoms with Crippen molar-refractivity contribution in [3.05, 3.63) is 24.3 Å². The molecule has 1 aliphatic heterocycles. The van der Waals surface area contributed by atoms with E-state index in [-0.39, 0.29) is 12.5 Å². The molecular formula is C13H16N2O4. The molecule has 0 radical (unpaired) electrons. The third-order valence-corrected chi connectivity index (χ3v) is 2.94. The Labute approximate surface area is 110 Å². The van der Waals surface area contributed by atoms with Crippen molar-refractivity contribution in [1.29, 1.82) is 0 Å². The Hall–Kier alpha value is -2.08. The van der Waals surface area contributed by atoms with Crippen LogP contribution in [0.15, 0.2) is 24.3 Å². The number of amides is 1. The normalized spacial score (nSPS) is 17.5. The van der Waals surface area contributed by atoms with Gasteiger partial charge < -0.3 is 20.5 Å². The second kappa shape index (κ2) is 5.71. The second-order valence-electron chi connectivity index (χ2n) is 4.31. The van der Waals surface area contributed by atoms with Crippen LogP contribution in [-0.2, 0) is 9.59 Å². The Balaban J connectivity index is 2.26. The fraction of sp³-hybridized carbons (Fsp3) is 0.385. The van der Waals surface area contributed by atoms with Gasteiger partial charge in [-0.1, -0.05) is 12.1 Å². The van der Waals surface area contributed by atoms with Crippen LogP contribution in [0.4, 0.5) is 5.69 Å². The van der Waals surface area contributed by atoms with Gasteiger partial charge in [0.1, 0.15) is 5.75 Å². The average Bonchev–Trinajstić information content (AvgIpc) is 2.43. The molecule has 1 amide bonds. The Morgan fingerprint density at radius 2 is 2.16 bits per heavy atom. The third-order valence-electron chi connectivity index (χ3n) is 2.94. The molecule has 0 aliphatic carbocycles. The Morgan fingerprint density at radius 1 is 1.42 bits per heavy atom. The molecule has 1 heterocycles. The van der Waals surface area contributed by atoms with Gasteiger partial charge in [-0.2, -0.15) is 0 Å². The van der Waals surface area contributed by atoms with Crippen molar-refractivity contribution in [2.75, 3.05) is 18.0 Å². The maximum absolute atomic E-state index is 12.1. The number of rotatable bonds is 4. The first kappa shape index (κ1) is 13.4. The van der Waals surface area contributed by atoms with Gasteiger partial charge in [0, 0.05) is 6.42 Å². The molecule has 0 saturated heterocycles. The number of carboxylic acid groups (broad SMARTS) is 1. The van der Waals surface area contributed by atoms with Gasteiger partial charge in [0.2, 0.25) is 12.0 Å². The van der Waals surface area contributed by atoms with Crippen molar-refractivity contribution < 1.29 is 19.4 Å². The number of carbonyl (C=O) groups is 2. The third kappa shape index (κ3) is 2.85. The lowest BCUT2D eigenvalue weighted by Gasteiger charge is -2.33. The summed E-state index contributed by atoms with van der Waals surface area (Å²) in [5, 5.41) is 9.06. The van der Waals surface area contributed by atoms with Crippen molar-refractivity contribution in [1.82, 2.24) is 0 Å². The van der Waals surface area contributed by atoms with Crippen LogP contribution in [0.1, 0.15) is 12.8 Å². The quantitative estimate of drug-likeness (QED) is 0.830. The van der Waals surface area contributed by atoms with E-state index >= 15 is 0 Å². The largest absolute Gasteiger partial charge is 0.478 e. The zero-order valence-electron chi connectivity index (χ0n) is 10.4. The van der Waals surface area contributed by atoms with Crippen LogP contribution in [0, 0.1) is 0 Å². The van der Waals surface area contributed by atoms with Gasteiger partial charge in [-0.15, -0.1) is 0 Å². The molecule has 102 valence electrons. The Kier molecular flexibility index (Phi) is 4.01. The minimum absolute atomic E-state index is 0.0236. The van der Waals surface area contributed by atoms with Gasteiger partial charge in [0.05, 0.1) is 12.2 Å². The maximum Gasteiger partial charge on any atom is 0.346 e. The first-order valence-electron chi connectivity index (χ1n) is 6.12. The highest BCUT2D eigenvalue weighted by Crippen LogP contribution is 2.33. The SMILES string of the molecule is NCCCC(=O)N1CC(C(=O)O)Oc2ccccc21. The fourth-order valence-electron chi connectivity index (χ4n) is 1.99. The minimum Gasteiger partial charge on any atom is -0.478 e. The molecule has 0 spiro atoms. The minimum atomic E-state index is -1.08. The topological polar surface area (TPSA) is 92.9 Å². The number of para-hydroxylation sites is 2. The number of hydrogen-bond acceptors (Lipinski definition) is 4. The summed E-state index contributed by atoms with van der Waals surface area (Å²) in [4.78, 5) is 24.6. The summed E-state index contributed by atoms with van der Waals surface area (Å²) in [5.74, 6) is -0.791. The lowest BCUT2D eigenvalue weighted by Crippen LogP contribution is -2.47. The van der Waals surface area contributed by atoms with Gasteiger partial charge >= 0.3 is 5.97 Å². The molecule has 6 heteroatoms. The van der Waals surface area contributed by atoms with Crippen molar-refractivity contribution in [3.8, 4) is 5.75 Å². The van der Waals surface area contributed by atoms with E-state index < -0.39 is 12.1 Å². The van der Waals surface area contributed by atoms with Gasteiger partial charge in [0.25, 0.3) is 0 Å². The van der Waals surface area contributed by atoms with Crippen molar-refractivity contribution in [2.24, 2.45) is 5.73 Å². The summed E-state index contributed by atoms with van der Waals surface area (Å²) in [5.41, 5.74) is 6.00. The smallest absolute Gasteiger partial charge is 0.346 e. The van der Waals surface area contributed by atoms with Gasteiger partial charge in [0.15, 0.2) is 0 Å². The highest BCUT2D eigenvalue weighted by atomic mass is 16.5. The van der Waals surface area contributed by atoms with Gasteiger partial charge in [-0.05, 0) is 25.1 Å². The molecule has 1 aliphatic rings. The average molecular weight is 264 g/mol. The van der Waals surface area contributed by atoms with Crippen LogP contribution in [0.3, 0.4) is 0 Å². The summed E-state index contributed by atoms with van der Waals surface area (Å²) in [6.45, 7) is 0.454. The van der Waals surface area contributed by atoms with E-state index in [9.17, 15) is 9.59 Å². The zero-order chi connectivity index (χ0) is 13.8. The predicted octanol–water partition coefficient (Wildman–Crippen LogP) is 0.604. The first-order chi connectivity index (χ1) is 9.13. The van der Waals surface area contributed by atoms with Crippen LogP contribution in [0.2, 0.25) is 0 Å². The number of nitrogens with zero attached hydrogens (tertiary/aromatic N) is 1. The Morgan fingerprint density at radius 3 is 2.84 bits per heavy atom. The van der Waals surface area contributed by atoms with Crippen molar-refractivity contribution >= 4 is 17.6 Å². The van der Waals surface area contributed by atoms with Crippen molar-refractivity contribution in [2.45, 2.75) is 18.9 Å².